The van der Waals surface area contributed by atoms with Gasteiger partial charge in [-0.1, -0.05) is 0 Å². The first-order valence-electron chi connectivity index (χ1n) is 11.7. The van der Waals surface area contributed by atoms with E-state index in [0.29, 0.717) is 22.6 Å². The predicted molar refractivity (Wildman–Crippen MR) is 123 cm³/mol. The van der Waals surface area contributed by atoms with E-state index in [1.807, 2.05) is 4.90 Å². The fourth-order valence-corrected chi connectivity index (χ4v) is 5.11. The van der Waals surface area contributed by atoms with Gasteiger partial charge in [0.15, 0.2) is 5.65 Å². The number of rotatable bonds is 4. The number of hydrogen-bond acceptors (Lipinski definition) is 7. The lowest BCUT2D eigenvalue weighted by atomic mass is 9.92. The highest BCUT2D eigenvalue weighted by atomic mass is 19.3. The number of benzene rings is 1. The monoisotopic (exact) mass is 503 g/mol. The van der Waals surface area contributed by atoms with Crippen molar-refractivity contribution in [2.45, 2.75) is 36.5 Å². The van der Waals surface area contributed by atoms with Crippen molar-refractivity contribution in [2.24, 2.45) is 0 Å². The Kier molecular flexibility index (Phi) is 5.16. The van der Waals surface area contributed by atoms with Crippen molar-refractivity contribution >= 4 is 22.9 Å². The Bertz CT molecular complexity index is 1340. The molecule has 0 bridgehead atoms. The van der Waals surface area contributed by atoms with Gasteiger partial charge >= 0.3 is 5.92 Å². The second kappa shape index (κ2) is 8.07. The molecule has 1 atom stereocenters. The summed E-state index contributed by atoms with van der Waals surface area (Å²) in [6.45, 7) is -1.00. The number of carbonyl (C=O) groups is 1. The molecule has 0 aliphatic carbocycles. The van der Waals surface area contributed by atoms with Gasteiger partial charge in [0, 0.05) is 56.4 Å². The van der Waals surface area contributed by atoms with Crippen LogP contribution in [-0.4, -0.2) is 75.7 Å². The van der Waals surface area contributed by atoms with E-state index in [1.54, 1.807) is 30.6 Å². The summed E-state index contributed by atoms with van der Waals surface area (Å²) < 4.78 is 56.4. The molecule has 3 aliphatic rings. The third kappa shape index (κ3) is 3.58. The largest absolute Gasteiger partial charge is 0.478 e. The van der Waals surface area contributed by atoms with Crippen LogP contribution < -0.4 is 15.0 Å². The van der Waals surface area contributed by atoms with Gasteiger partial charge in [0.05, 0.1) is 30.8 Å². The van der Waals surface area contributed by atoms with Gasteiger partial charge in [0.2, 0.25) is 5.60 Å². The molecule has 2 N–H and O–H groups in total. The number of carbonyl (C=O) groups excluding carboxylic acids is 1. The van der Waals surface area contributed by atoms with E-state index in [1.165, 1.54) is 10.7 Å². The quantitative estimate of drug-likeness (QED) is 0.565. The summed E-state index contributed by atoms with van der Waals surface area (Å²) in [6.07, 6.45) is 4.71. The Balaban J connectivity index is 1.36. The molecule has 2 fully saturated rings. The van der Waals surface area contributed by atoms with Crippen LogP contribution in [0.4, 0.5) is 24.5 Å². The van der Waals surface area contributed by atoms with E-state index < -0.39 is 36.3 Å². The minimum Gasteiger partial charge on any atom is -0.478 e. The molecule has 0 radical (unpaired) electrons. The average Bonchev–Trinajstić information content (AvgIpc) is 3.54. The van der Waals surface area contributed by atoms with E-state index in [-0.39, 0.29) is 50.3 Å². The van der Waals surface area contributed by atoms with E-state index in [9.17, 15) is 23.1 Å². The molecule has 190 valence electrons. The SMILES string of the molecule is O=C(Nc1cc2c(cc1N1CCC(F)(CO)CC1)O[C@@]1(COCC1(F)F)C2)c1cnn2cccnc12. The molecule has 0 unspecified atom stereocenters. The Morgan fingerprint density at radius 3 is 2.72 bits per heavy atom. The first-order chi connectivity index (χ1) is 17.2. The summed E-state index contributed by atoms with van der Waals surface area (Å²) in [5.41, 5.74) is -1.45. The average molecular weight is 503 g/mol. The highest BCUT2D eigenvalue weighted by Gasteiger charge is 2.63. The Hall–Kier alpha value is -3.38. The number of fused-ring (bicyclic) bond motifs is 2. The number of aliphatic hydroxyl groups excluding tert-OH is 1. The van der Waals surface area contributed by atoms with E-state index in [4.69, 9.17) is 9.47 Å². The van der Waals surface area contributed by atoms with Gasteiger partial charge in [0.1, 0.15) is 23.6 Å². The van der Waals surface area contributed by atoms with Gasteiger partial charge < -0.3 is 24.8 Å². The number of piperidine rings is 1. The van der Waals surface area contributed by atoms with Gasteiger partial charge in [-0.25, -0.2) is 13.9 Å². The molecule has 1 amide bonds. The number of alkyl halides is 3. The molecular weight excluding hydrogens is 479 g/mol. The van der Waals surface area contributed by atoms with Crippen LogP contribution in [0.3, 0.4) is 0 Å². The number of amides is 1. The normalized spacial score (nSPS) is 24.2. The maximum absolute atomic E-state index is 14.7. The summed E-state index contributed by atoms with van der Waals surface area (Å²) in [4.78, 5) is 19.3. The molecule has 0 saturated carbocycles. The standard InChI is InChI=1S/C24H24F3N5O4/c25-22(12-33)2-6-31(7-3-22)18-9-19-15(10-23(36-19)13-35-14-24(23,26)27)8-17(18)30-21(34)16-11-29-32-5-1-4-28-20(16)32/h1,4-5,8-9,11,33H,2-3,6-7,10,12-14H2,(H,30,34)/t23-/m1/s1. The van der Waals surface area contributed by atoms with Crippen LogP contribution in [0.25, 0.3) is 5.65 Å². The summed E-state index contributed by atoms with van der Waals surface area (Å²) in [5.74, 6) is -3.36. The molecule has 1 spiro atoms. The van der Waals surface area contributed by atoms with Crippen LogP contribution in [0, 0.1) is 0 Å². The zero-order valence-electron chi connectivity index (χ0n) is 19.2. The molecule has 3 aliphatic heterocycles. The molecule has 36 heavy (non-hydrogen) atoms. The highest BCUT2D eigenvalue weighted by Crippen LogP contribution is 2.50. The van der Waals surface area contributed by atoms with Gasteiger partial charge in [-0.3, -0.25) is 4.79 Å². The van der Waals surface area contributed by atoms with Crippen molar-refractivity contribution in [3.05, 3.63) is 47.9 Å². The van der Waals surface area contributed by atoms with E-state index >= 15 is 0 Å². The molecule has 6 rings (SSSR count). The highest BCUT2D eigenvalue weighted by molar-refractivity contribution is 6.09. The lowest BCUT2D eigenvalue weighted by Gasteiger charge is -2.37. The van der Waals surface area contributed by atoms with Crippen LogP contribution in [0.1, 0.15) is 28.8 Å². The van der Waals surface area contributed by atoms with Crippen molar-refractivity contribution < 1.29 is 32.5 Å². The topological polar surface area (TPSA) is 101 Å². The van der Waals surface area contributed by atoms with Crippen molar-refractivity contribution in [3.8, 4) is 5.75 Å². The number of nitrogens with zero attached hydrogens (tertiary/aromatic N) is 4. The summed E-state index contributed by atoms with van der Waals surface area (Å²) in [5, 5.41) is 16.4. The number of nitrogens with one attached hydrogen (secondary N) is 1. The number of aliphatic hydroxyl groups is 1. The summed E-state index contributed by atoms with van der Waals surface area (Å²) >= 11 is 0. The minimum atomic E-state index is -3.17. The zero-order valence-corrected chi connectivity index (χ0v) is 19.2. The maximum Gasteiger partial charge on any atom is 0.312 e. The van der Waals surface area contributed by atoms with Gasteiger partial charge in [-0.2, -0.15) is 13.9 Å². The third-order valence-corrected chi connectivity index (χ3v) is 7.30. The number of aromatic nitrogens is 3. The smallest absolute Gasteiger partial charge is 0.312 e. The second-order valence-corrected chi connectivity index (χ2v) is 9.64. The number of halogens is 3. The molecule has 2 saturated heterocycles. The van der Waals surface area contributed by atoms with Crippen molar-refractivity contribution in [1.29, 1.82) is 0 Å². The molecule has 2 aromatic heterocycles. The maximum atomic E-state index is 14.7. The third-order valence-electron chi connectivity index (χ3n) is 7.30. The molecular formula is C24H24F3N5O4. The van der Waals surface area contributed by atoms with E-state index in [0.717, 1.165) is 0 Å². The Morgan fingerprint density at radius 1 is 1.19 bits per heavy atom. The molecule has 5 heterocycles. The fraction of sp³-hybridized carbons (Fsp3) is 0.458. The summed E-state index contributed by atoms with van der Waals surface area (Å²) in [6, 6.07) is 4.94. The number of ether oxygens (including phenoxy) is 2. The number of hydrogen-bond donors (Lipinski definition) is 2. The van der Waals surface area contributed by atoms with Crippen LogP contribution >= 0.6 is 0 Å². The van der Waals surface area contributed by atoms with Crippen LogP contribution in [0.2, 0.25) is 0 Å². The molecule has 3 aromatic rings. The van der Waals surface area contributed by atoms with E-state index in [2.05, 4.69) is 15.4 Å². The second-order valence-electron chi connectivity index (χ2n) is 9.64. The number of anilines is 2. The Morgan fingerprint density at radius 2 is 2.00 bits per heavy atom. The molecule has 12 heteroatoms. The molecule has 1 aromatic carbocycles. The van der Waals surface area contributed by atoms with Gasteiger partial charge in [-0.05, 0) is 12.1 Å². The molecule has 9 nitrogen and oxygen atoms in total. The first kappa shape index (κ1) is 23.0. The van der Waals surface area contributed by atoms with Crippen molar-refractivity contribution in [2.75, 3.05) is 43.1 Å². The van der Waals surface area contributed by atoms with Crippen molar-refractivity contribution in [1.82, 2.24) is 14.6 Å². The summed E-state index contributed by atoms with van der Waals surface area (Å²) in [7, 11) is 0. The Labute approximate surface area is 203 Å². The zero-order chi connectivity index (χ0) is 25.1. The van der Waals surface area contributed by atoms with Gasteiger partial charge in [-0.15, -0.1) is 0 Å². The fourth-order valence-electron chi connectivity index (χ4n) is 5.11. The lowest BCUT2D eigenvalue weighted by molar-refractivity contribution is -0.120. The predicted octanol–water partition coefficient (Wildman–Crippen LogP) is 2.62. The van der Waals surface area contributed by atoms with Crippen LogP contribution in [0.15, 0.2) is 36.8 Å². The first-order valence-corrected chi connectivity index (χ1v) is 11.7. The van der Waals surface area contributed by atoms with Crippen LogP contribution in [-0.2, 0) is 11.2 Å². The van der Waals surface area contributed by atoms with Gasteiger partial charge in [0.25, 0.3) is 5.91 Å². The van der Waals surface area contributed by atoms with Crippen molar-refractivity contribution in [3.63, 3.8) is 0 Å². The lowest BCUT2D eigenvalue weighted by Crippen LogP contribution is -2.51. The van der Waals surface area contributed by atoms with Crippen LogP contribution in [0.5, 0.6) is 5.75 Å². The minimum absolute atomic E-state index is 0.0745.